The predicted molar refractivity (Wildman–Crippen MR) is 137 cm³/mol. The smallest absolute Gasteiger partial charge is 0.337 e. The molecule has 1 amide bonds. The normalized spacial score (nSPS) is 18.9. The van der Waals surface area contributed by atoms with Crippen molar-refractivity contribution in [1.82, 2.24) is 4.90 Å². The Kier molecular flexibility index (Phi) is 5.95. The molecule has 0 fully saturated rings. The fraction of sp³-hybridized carbons (Fsp3) is 0.172. The first-order chi connectivity index (χ1) is 17.0. The molecule has 2 aliphatic heterocycles. The molecule has 1 N–H and O–H groups in total. The third kappa shape index (κ3) is 3.72. The van der Waals surface area contributed by atoms with E-state index in [0.29, 0.717) is 28.5 Å². The van der Waals surface area contributed by atoms with E-state index in [1.165, 1.54) is 0 Å². The summed E-state index contributed by atoms with van der Waals surface area (Å²) in [7, 11) is 0. The fourth-order valence-electron chi connectivity index (χ4n) is 4.99. The molecule has 5 nitrogen and oxygen atoms in total. The number of allylic oxidation sites excluding steroid dienone is 1. The molecule has 0 aliphatic carbocycles. The van der Waals surface area contributed by atoms with Gasteiger partial charge < -0.3 is 15.0 Å². The number of hydrogen-bond acceptors (Lipinski definition) is 4. The van der Waals surface area contributed by atoms with Gasteiger partial charge in [0.2, 0.25) is 5.91 Å². The highest BCUT2D eigenvalue weighted by atomic mass is 35.5. The first-order valence-electron chi connectivity index (χ1n) is 11.6. The minimum absolute atomic E-state index is 0.203. The number of carbonyl (C=O) groups excluding carboxylic acids is 2. The quantitative estimate of drug-likeness (QED) is 0.456. The van der Waals surface area contributed by atoms with Crippen molar-refractivity contribution in [2.24, 2.45) is 0 Å². The zero-order valence-corrected chi connectivity index (χ0v) is 20.3. The number of anilines is 1. The van der Waals surface area contributed by atoms with E-state index < -0.39 is 11.4 Å². The Balaban J connectivity index is 1.79. The van der Waals surface area contributed by atoms with Crippen LogP contribution in [0.4, 0.5) is 5.69 Å². The van der Waals surface area contributed by atoms with Gasteiger partial charge in [-0.1, -0.05) is 78.3 Å². The summed E-state index contributed by atoms with van der Waals surface area (Å²) in [4.78, 5) is 29.3. The van der Waals surface area contributed by atoms with Gasteiger partial charge in [0.1, 0.15) is 5.41 Å². The Morgan fingerprint density at radius 1 is 1.00 bits per heavy atom. The Hall–Kier alpha value is -3.83. The zero-order chi connectivity index (χ0) is 24.6. The number of nitrogens with zero attached hydrogens (tertiary/aromatic N) is 1. The van der Waals surface area contributed by atoms with Crippen molar-refractivity contribution in [1.29, 1.82) is 0 Å². The molecule has 6 heteroatoms. The molecule has 2 aliphatic rings. The molecule has 0 saturated carbocycles. The van der Waals surface area contributed by atoms with Crippen LogP contribution in [0.15, 0.2) is 96.2 Å². The summed E-state index contributed by atoms with van der Waals surface area (Å²) in [6.07, 6.45) is 1.90. The molecule has 0 saturated heterocycles. The minimum atomic E-state index is -1.31. The molecule has 0 bridgehead atoms. The van der Waals surface area contributed by atoms with Gasteiger partial charge in [-0.3, -0.25) is 4.79 Å². The van der Waals surface area contributed by atoms with Crippen LogP contribution >= 0.6 is 11.6 Å². The highest BCUT2D eigenvalue weighted by Gasteiger charge is 2.54. The molecular weight excluding hydrogens is 460 g/mol. The Labute approximate surface area is 209 Å². The van der Waals surface area contributed by atoms with E-state index in [9.17, 15) is 9.59 Å². The second kappa shape index (κ2) is 9.08. The number of esters is 1. The summed E-state index contributed by atoms with van der Waals surface area (Å²) >= 11 is 6.53. The van der Waals surface area contributed by atoms with Crippen molar-refractivity contribution in [3.8, 4) is 0 Å². The second-order valence-electron chi connectivity index (χ2n) is 8.56. The second-order valence-corrected chi connectivity index (χ2v) is 8.97. The van der Waals surface area contributed by atoms with E-state index in [1.807, 2.05) is 96.8 Å². The number of benzene rings is 3. The van der Waals surface area contributed by atoms with E-state index in [4.69, 9.17) is 16.3 Å². The first-order valence-corrected chi connectivity index (χ1v) is 11.9. The lowest BCUT2D eigenvalue weighted by molar-refractivity contribution is -0.140. The van der Waals surface area contributed by atoms with Crippen LogP contribution in [-0.2, 0) is 26.3 Å². The summed E-state index contributed by atoms with van der Waals surface area (Å²) in [5, 5.41) is 3.62. The van der Waals surface area contributed by atoms with E-state index in [1.54, 1.807) is 6.92 Å². The van der Waals surface area contributed by atoms with Crippen LogP contribution in [0.2, 0.25) is 5.02 Å². The minimum Gasteiger partial charge on any atom is -0.463 e. The molecule has 1 atom stereocenters. The zero-order valence-electron chi connectivity index (χ0n) is 19.5. The van der Waals surface area contributed by atoms with Crippen molar-refractivity contribution in [2.45, 2.75) is 25.8 Å². The number of carbonyl (C=O) groups is 2. The Morgan fingerprint density at radius 2 is 1.69 bits per heavy atom. The highest BCUT2D eigenvalue weighted by Crippen LogP contribution is 2.51. The van der Waals surface area contributed by atoms with Crippen molar-refractivity contribution >= 4 is 34.9 Å². The SMILES string of the molecule is CCOC(=O)C1=C(C)N(Cc2ccccc2Cl)C(c2ccccc2)=C[C@]12C(=O)Nc1ccccc12. The van der Waals surface area contributed by atoms with E-state index in [0.717, 1.165) is 22.4 Å². The van der Waals surface area contributed by atoms with E-state index >= 15 is 0 Å². The molecule has 1 spiro atoms. The number of hydrogen-bond donors (Lipinski definition) is 1. The molecule has 5 rings (SSSR count). The number of amides is 1. The number of halogens is 1. The van der Waals surface area contributed by atoms with Gasteiger partial charge in [0.05, 0.1) is 12.2 Å². The molecular formula is C29H25ClN2O3. The molecule has 176 valence electrons. The maximum atomic E-state index is 13.7. The van der Waals surface area contributed by atoms with Crippen LogP contribution in [0.1, 0.15) is 30.5 Å². The lowest BCUT2D eigenvalue weighted by Gasteiger charge is -2.40. The lowest BCUT2D eigenvalue weighted by atomic mass is 9.71. The summed E-state index contributed by atoms with van der Waals surface area (Å²) < 4.78 is 5.51. The van der Waals surface area contributed by atoms with Crippen molar-refractivity contribution in [3.05, 3.63) is 118 Å². The Bertz CT molecular complexity index is 1380. The van der Waals surface area contributed by atoms with Crippen molar-refractivity contribution in [3.63, 3.8) is 0 Å². The van der Waals surface area contributed by atoms with Crippen LogP contribution < -0.4 is 5.32 Å². The Morgan fingerprint density at radius 3 is 2.43 bits per heavy atom. The molecule has 3 aromatic carbocycles. The van der Waals surface area contributed by atoms with Gasteiger partial charge in [-0.25, -0.2) is 4.79 Å². The molecule has 0 unspecified atom stereocenters. The third-order valence-electron chi connectivity index (χ3n) is 6.60. The van der Waals surface area contributed by atoms with Gasteiger partial charge >= 0.3 is 5.97 Å². The van der Waals surface area contributed by atoms with Crippen molar-refractivity contribution < 1.29 is 14.3 Å². The molecule has 3 aromatic rings. The summed E-state index contributed by atoms with van der Waals surface area (Å²) in [5.74, 6) is -0.781. The van der Waals surface area contributed by atoms with Crippen LogP contribution in [0, 0.1) is 0 Å². The van der Waals surface area contributed by atoms with E-state index in [2.05, 4.69) is 5.32 Å². The van der Waals surface area contributed by atoms with Gasteiger partial charge in [0.25, 0.3) is 0 Å². The van der Waals surface area contributed by atoms with Crippen LogP contribution in [0.25, 0.3) is 5.70 Å². The van der Waals surface area contributed by atoms with Gasteiger partial charge in [-0.05, 0) is 48.7 Å². The van der Waals surface area contributed by atoms with Crippen molar-refractivity contribution in [2.75, 3.05) is 11.9 Å². The largest absolute Gasteiger partial charge is 0.463 e. The standard InChI is InChI=1S/C29H25ClN2O3/c1-3-35-27(33)26-19(2)32(18-21-13-7-9-15-23(21)30)25(20-11-5-4-6-12-20)17-29(26)22-14-8-10-16-24(22)31-28(29)34/h4-17H,3,18H2,1-2H3,(H,31,34)/t29-/m1/s1. The number of ether oxygens (including phenoxy) is 1. The van der Waals surface area contributed by atoms with Crippen LogP contribution in [0.3, 0.4) is 0 Å². The fourth-order valence-corrected chi connectivity index (χ4v) is 5.18. The van der Waals surface area contributed by atoms with Crippen LogP contribution in [-0.4, -0.2) is 23.4 Å². The third-order valence-corrected chi connectivity index (χ3v) is 6.97. The summed E-state index contributed by atoms with van der Waals surface area (Å²) in [6, 6.07) is 25.0. The van der Waals surface area contributed by atoms with E-state index in [-0.39, 0.29) is 12.5 Å². The summed E-state index contributed by atoms with van der Waals surface area (Å²) in [5.41, 5.74) is 3.74. The number of nitrogens with one attached hydrogen (secondary N) is 1. The average molecular weight is 485 g/mol. The molecule has 0 aromatic heterocycles. The first kappa shape index (κ1) is 22.9. The van der Waals surface area contributed by atoms with Gasteiger partial charge in [0, 0.05) is 28.6 Å². The molecule has 2 heterocycles. The average Bonchev–Trinajstić information content (AvgIpc) is 3.14. The molecule has 35 heavy (non-hydrogen) atoms. The van der Waals surface area contributed by atoms with Gasteiger partial charge in [0.15, 0.2) is 0 Å². The molecule has 0 radical (unpaired) electrons. The number of fused-ring (bicyclic) bond motifs is 2. The topological polar surface area (TPSA) is 58.6 Å². The summed E-state index contributed by atoms with van der Waals surface area (Å²) in [6.45, 7) is 4.26. The predicted octanol–water partition coefficient (Wildman–Crippen LogP) is 5.92. The lowest BCUT2D eigenvalue weighted by Crippen LogP contribution is -2.44. The number of para-hydroxylation sites is 1. The van der Waals surface area contributed by atoms with Gasteiger partial charge in [-0.2, -0.15) is 0 Å². The van der Waals surface area contributed by atoms with Gasteiger partial charge in [-0.15, -0.1) is 0 Å². The maximum Gasteiger partial charge on any atom is 0.337 e. The maximum absolute atomic E-state index is 13.7. The number of rotatable bonds is 5. The monoisotopic (exact) mass is 484 g/mol. The van der Waals surface area contributed by atoms with Crippen LogP contribution in [0.5, 0.6) is 0 Å². The highest BCUT2D eigenvalue weighted by molar-refractivity contribution is 6.31.